The molecule has 0 amide bonds. The lowest BCUT2D eigenvalue weighted by Gasteiger charge is -2.00. The van der Waals surface area contributed by atoms with Crippen molar-refractivity contribution in [2.24, 2.45) is 5.73 Å². The molecule has 0 heterocycles. The van der Waals surface area contributed by atoms with Crippen molar-refractivity contribution < 1.29 is 9.53 Å². The minimum absolute atomic E-state index is 0.471. The van der Waals surface area contributed by atoms with Gasteiger partial charge in [-0.2, -0.15) is 0 Å². The normalized spacial score (nSPS) is 11.1. The third-order valence-corrected chi connectivity index (χ3v) is 1.62. The first kappa shape index (κ1) is 12.8. The highest BCUT2D eigenvalue weighted by atomic mass is 16.5. The van der Waals surface area contributed by atoms with Crippen molar-refractivity contribution in [1.82, 2.24) is 0 Å². The van der Waals surface area contributed by atoms with Crippen LogP contribution in [0.5, 0.6) is 0 Å². The fourth-order valence-electron chi connectivity index (χ4n) is 0.754. The maximum atomic E-state index is 10.2. The van der Waals surface area contributed by atoms with Gasteiger partial charge in [0.15, 0.2) is 0 Å². The number of aldehydes is 1. The van der Waals surface area contributed by atoms with Crippen LogP contribution in [0.2, 0.25) is 0 Å². The molecular weight excluding hydrogens is 178 g/mol. The number of rotatable bonds is 3. The average Bonchev–Trinajstić information content (AvgIpc) is 2.29. The summed E-state index contributed by atoms with van der Waals surface area (Å²) in [5, 5.41) is 0. The molecule has 0 bridgehead atoms. The number of hydrogen-bond donors (Lipinski definition) is 1. The Bertz CT molecular complexity index is 234. The third kappa shape index (κ3) is 5.45. The number of hydrogen-bond acceptors (Lipinski definition) is 3. The summed E-state index contributed by atoms with van der Waals surface area (Å²) in [7, 11) is 1.68. The standard InChI is InChI=1S/C8H9NO.C3H8O/c9-8(6-10)7-4-2-1-3-5-7;1-3-4-2/h1-6,8H,9H2;3H2,1-2H3. The highest BCUT2D eigenvalue weighted by Crippen LogP contribution is 2.05. The minimum atomic E-state index is -0.471. The molecule has 0 aliphatic carbocycles. The van der Waals surface area contributed by atoms with Gasteiger partial charge in [-0.3, -0.25) is 0 Å². The first-order chi connectivity index (χ1) is 6.76. The predicted octanol–water partition coefficient (Wildman–Crippen LogP) is 1.54. The molecule has 1 unspecified atom stereocenters. The number of carbonyl (C=O) groups is 1. The molecular formula is C11H17NO2. The molecule has 0 aromatic heterocycles. The van der Waals surface area contributed by atoms with Crippen molar-refractivity contribution in [2.45, 2.75) is 13.0 Å². The summed E-state index contributed by atoms with van der Waals surface area (Å²) >= 11 is 0. The first-order valence-electron chi connectivity index (χ1n) is 4.51. The molecule has 1 atom stereocenters. The molecule has 14 heavy (non-hydrogen) atoms. The number of methoxy groups -OCH3 is 1. The third-order valence-electron chi connectivity index (χ3n) is 1.62. The largest absolute Gasteiger partial charge is 0.385 e. The first-order valence-corrected chi connectivity index (χ1v) is 4.51. The van der Waals surface area contributed by atoms with Gasteiger partial charge in [0.25, 0.3) is 0 Å². The number of ether oxygens (including phenoxy) is 1. The van der Waals surface area contributed by atoms with Crippen LogP contribution >= 0.6 is 0 Å². The maximum absolute atomic E-state index is 10.2. The second-order valence-corrected chi connectivity index (χ2v) is 2.65. The summed E-state index contributed by atoms with van der Waals surface area (Å²) in [5.74, 6) is 0. The fraction of sp³-hybridized carbons (Fsp3) is 0.364. The van der Waals surface area contributed by atoms with Crippen LogP contribution in [-0.2, 0) is 9.53 Å². The number of nitrogens with two attached hydrogens (primary N) is 1. The van der Waals surface area contributed by atoms with E-state index >= 15 is 0 Å². The Kier molecular flexibility index (Phi) is 7.70. The van der Waals surface area contributed by atoms with E-state index in [1.165, 1.54) is 0 Å². The van der Waals surface area contributed by atoms with E-state index in [2.05, 4.69) is 4.74 Å². The Hall–Kier alpha value is -1.19. The minimum Gasteiger partial charge on any atom is -0.385 e. The Balaban J connectivity index is 0.000000364. The van der Waals surface area contributed by atoms with Crippen LogP contribution in [0.4, 0.5) is 0 Å². The summed E-state index contributed by atoms with van der Waals surface area (Å²) in [6.45, 7) is 2.78. The van der Waals surface area contributed by atoms with Gasteiger partial charge in [-0.25, -0.2) is 0 Å². The van der Waals surface area contributed by atoms with E-state index in [9.17, 15) is 4.79 Å². The van der Waals surface area contributed by atoms with Crippen LogP contribution in [0.3, 0.4) is 0 Å². The van der Waals surface area contributed by atoms with E-state index in [0.29, 0.717) is 0 Å². The van der Waals surface area contributed by atoms with Crippen molar-refractivity contribution >= 4 is 6.29 Å². The van der Waals surface area contributed by atoms with Crippen LogP contribution in [0.25, 0.3) is 0 Å². The van der Waals surface area contributed by atoms with Crippen molar-refractivity contribution in [1.29, 1.82) is 0 Å². The second kappa shape index (κ2) is 8.41. The summed E-state index contributed by atoms with van der Waals surface area (Å²) in [4.78, 5) is 10.2. The van der Waals surface area contributed by atoms with Gasteiger partial charge in [-0.1, -0.05) is 30.3 Å². The molecule has 1 aromatic carbocycles. The number of carbonyl (C=O) groups excluding carboxylic acids is 1. The van der Waals surface area contributed by atoms with Gasteiger partial charge < -0.3 is 15.3 Å². The van der Waals surface area contributed by atoms with Crippen LogP contribution in [-0.4, -0.2) is 20.0 Å². The molecule has 0 aliphatic heterocycles. The monoisotopic (exact) mass is 195 g/mol. The van der Waals surface area contributed by atoms with Gasteiger partial charge in [0.1, 0.15) is 6.29 Å². The summed E-state index contributed by atoms with van der Waals surface area (Å²) in [6.07, 6.45) is 0.731. The molecule has 0 aliphatic rings. The Morgan fingerprint density at radius 2 is 1.93 bits per heavy atom. The van der Waals surface area contributed by atoms with Crippen LogP contribution in [0.15, 0.2) is 30.3 Å². The van der Waals surface area contributed by atoms with Gasteiger partial charge in [0.05, 0.1) is 6.04 Å². The van der Waals surface area contributed by atoms with Crippen LogP contribution in [0, 0.1) is 0 Å². The zero-order chi connectivity index (χ0) is 10.8. The lowest BCUT2D eigenvalue weighted by molar-refractivity contribution is -0.109. The lowest BCUT2D eigenvalue weighted by atomic mass is 10.1. The molecule has 1 aromatic rings. The van der Waals surface area contributed by atoms with Gasteiger partial charge in [-0.15, -0.1) is 0 Å². The molecule has 2 N–H and O–H groups in total. The van der Waals surface area contributed by atoms with Gasteiger partial charge in [0.2, 0.25) is 0 Å². The molecule has 3 nitrogen and oxygen atoms in total. The highest BCUT2D eigenvalue weighted by Gasteiger charge is 1.99. The molecule has 78 valence electrons. The van der Waals surface area contributed by atoms with E-state index in [1.54, 1.807) is 7.11 Å². The summed E-state index contributed by atoms with van der Waals surface area (Å²) in [6, 6.07) is 8.80. The molecule has 3 heteroatoms. The van der Waals surface area contributed by atoms with Crippen molar-refractivity contribution in [3.05, 3.63) is 35.9 Å². The zero-order valence-corrected chi connectivity index (χ0v) is 8.64. The smallest absolute Gasteiger partial charge is 0.141 e. The lowest BCUT2D eigenvalue weighted by Crippen LogP contribution is -2.10. The summed E-state index contributed by atoms with van der Waals surface area (Å²) in [5.41, 5.74) is 6.29. The number of benzene rings is 1. The molecule has 0 radical (unpaired) electrons. The van der Waals surface area contributed by atoms with Crippen LogP contribution in [0.1, 0.15) is 18.5 Å². The SMILES string of the molecule is CCOC.NC(C=O)c1ccccc1. The van der Waals surface area contributed by atoms with E-state index < -0.39 is 6.04 Å². The van der Waals surface area contributed by atoms with E-state index in [-0.39, 0.29) is 0 Å². The Labute approximate surface area is 84.9 Å². The molecule has 1 rings (SSSR count). The molecule has 0 spiro atoms. The maximum Gasteiger partial charge on any atom is 0.141 e. The van der Waals surface area contributed by atoms with Gasteiger partial charge >= 0.3 is 0 Å². The van der Waals surface area contributed by atoms with Gasteiger partial charge in [-0.05, 0) is 12.5 Å². The predicted molar refractivity (Wildman–Crippen MR) is 57.0 cm³/mol. The Morgan fingerprint density at radius 1 is 1.43 bits per heavy atom. The van der Waals surface area contributed by atoms with Crippen molar-refractivity contribution in [3.63, 3.8) is 0 Å². The quantitative estimate of drug-likeness (QED) is 0.744. The zero-order valence-electron chi connectivity index (χ0n) is 8.64. The average molecular weight is 195 g/mol. The Morgan fingerprint density at radius 3 is 2.29 bits per heavy atom. The van der Waals surface area contributed by atoms with E-state index in [0.717, 1.165) is 18.5 Å². The van der Waals surface area contributed by atoms with Gasteiger partial charge in [0, 0.05) is 13.7 Å². The van der Waals surface area contributed by atoms with Crippen molar-refractivity contribution in [2.75, 3.05) is 13.7 Å². The van der Waals surface area contributed by atoms with Crippen molar-refractivity contribution in [3.8, 4) is 0 Å². The highest BCUT2D eigenvalue weighted by molar-refractivity contribution is 5.60. The fourth-order valence-corrected chi connectivity index (χ4v) is 0.754. The van der Waals surface area contributed by atoms with Crippen LogP contribution < -0.4 is 5.73 Å². The van der Waals surface area contributed by atoms with E-state index in [1.807, 2.05) is 37.3 Å². The van der Waals surface area contributed by atoms with E-state index in [4.69, 9.17) is 5.73 Å². The summed E-state index contributed by atoms with van der Waals surface area (Å²) < 4.78 is 4.54. The molecule has 0 saturated heterocycles. The second-order valence-electron chi connectivity index (χ2n) is 2.65. The topological polar surface area (TPSA) is 52.3 Å². The molecule has 0 fully saturated rings. The molecule has 0 saturated carbocycles.